The van der Waals surface area contributed by atoms with Gasteiger partial charge in [-0.1, -0.05) is 13.8 Å². The zero-order valence-corrected chi connectivity index (χ0v) is 13.0. The molecule has 2 aromatic heterocycles. The van der Waals surface area contributed by atoms with Gasteiger partial charge in [-0.2, -0.15) is 0 Å². The summed E-state index contributed by atoms with van der Waals surface area (Å²) in [5.41, 5.74) is 2.32. The second-order valence-electron chi connectivity index (χ2n) is 5.88. The van der Waals surface area contributed by atoms with E-state index in [9.17, 15) is 9.59 Å². The summed E-state index contributed by atoms with van der Waals surface area (Å²) < 4.78 is 1.86. The van der Waals surface area contributed by atoms with Crippen LogP contribution in [0.3, 0.4) is 0 Å². The van der Waals surface area contributed by atoms with Gasteiger partial charge in [0, 0.05) is 25.6 Å². The number of H-pyrrole nitrogens is 1. The summed E-state index contributed by atoms with van der Waals surface area (Å²) >= 11 is 0. The molecule has 0 aliphatic heterocycles. The number of aromatic nitrogens is 3. The van der Waals surface area contributed by atoms with Crippen LogP contribution in [0.1, 0.15) is 35.9 Å². The number of amides is 1. The molecular formula is C16H18N4O2. The fourth-order valence-corrected chi connectivity index (χ4v) is 2.60. The zero-order valence-electron chi connectivity index (χ0n) is 13.0. The summed E-state index contributed by atoms with van der Waals surface area (Å²) in [6.45, 7) is 4.07. The van der Waals surface area contributed by atoms with Crippen molar-refractivity contribution in [3.63, 3.8) is 0 Å². The first-order valence-electron chi connectivity index (χ1n) is 7.15. The molecule has 0 saturated heterocycles. The minimum Gasteiger partial charge on any atom is -0.345 e. The van der Waals surface area contributed by atoms with Crippen molar-refractivity contribution in [3.8, 4) is 0 Å². The van der Waals surface area contributed by atoms with E-state index in [-0.39, 0.29) is 17.4 Å². The smallest absolute Gasteiger partial charge is 0.274 e. The highest BCUT2D eigenvalue weighted by atomic mass is 16.2. The van der Waals surface area contributed by atoms with Crippen LogP contribution in [0.15, 0.2) is 29.2 Å². The van der Waals surface area contributed by atoms with Gasteiger partial charge < -0.3 is 9.88 Å². The molecular weight excluding hydrogens is 280 g/mol. The molecule has 2 heterocycles. The molecule has 0 aliphatic rings. The third-order valence-corrected chi connectivity index (χ3v) is 3.68. The highest BCUT2D eigenvalue weighted by Gasteiger charge is 2.15. The number of hydrogen-bond donors (Lipinski definition) is 1. The minimum atomic E-state index is -0.207. The molecule has 0 unspecified atom stereocenters. The van der Waals surface area contributed by atoms with Crippen molar-refractivity contribution in [2.45, 2.75) is 19.8 Å². The lowest BCUT2D eigenvalue weighted by Gasteiger charge is -2.12. The van der Waals surface area contributed by atoms with Crippen LogP contribution in [0.5, 0.6) is 0 Å². The molecule has 0 aliphatic carbocycles. The van der Waals surface area contributed by atoms with E-state index in [1.54, 1.807) is 32.4 Å². The normalized spacial score (nSPS) is 11.5. The van der Waals surface area contributed by atoms with Crippen LogP contribution in [0.2, 0.25) is 0 Å². The van der Waals surface area contributed by atoms with E-state index in [0.29, 0.717) is 16.6 Å². The molecule has 0 fully saturated rings. The number of hydrogen-bond acceptors (Lipinski definition) is 3. The zero-order chi connectivity index (χ0) is 16.0. The monoisotopic (exact) mass is 298 g/mol. The van der Waals surface area contributed by atoms with Gasteiger partial charge in [0.25, 0.3) is 11.5 Å². The minimum absolute atomic E-state index is 0.0995. The first-order chi connectivity index (χ1) is 10.4. The molecule has 3 rings (SSSR count). The van der Waals surface area contributed by atoms with Gasteiger partial charge in [0.2, 0.25) is 0 Å². The second kappa shape index (κ2) is 4.98. The average molecular weight is 298 g/mol. The van der Waals surface area contributed by atoms with E-state index in [1.165, 1.54) is 4.90 Å². The first kappa shape index (κ1) is 14.3. The number of carbonyl (C=O) groups excluding carboxylic acids is 1. The molecule has 0 spiro atoms. The summed E-state index contributed by atoms with van der Waals surface area (Å²) in [6.07, 6.45) is 1.59. The molecule has 22 heavy (non-hydrogen) atoms. The highest BCUT2D eigenvalue weighted by Crippen LogP contribution is 2.20. The Kier molecular flexibility index (Phi) is 3.24. The molecule has 6 nitrogen and oxygen atoms in total. The van der Waals surface area contributed by atoms with Crippen LogP contribution in [-0.4, -0.2) is 39.3 Å². The van der Waals surface area contributed by atoms with E-state index >= 15 is 0 Å². The van der Waals surface area contributed by atoms with Crippen LogP contribution >= 0.6 is 0 Å². The van der Waals surface area contributed by atoms with Crippen LogP contribution in [-0.2, 0) is 0 Å². The summed E-state index contributed by atoms with van der Waals surface area (Å²) in [7, 11) is 3.40. The predicted octanol–water partition coefficient (Wildman–Crippen LogP) is 2.00. The molecule has 0 saturated carbocycles. The summed E-state index contributed by atoms with van der Waals surface area (Å²) in [6, 6.07) is 5.33. The van der Waals surface area contributed by atoms with E-state index in [0.717, 1.165) is 11.3 Å². The number of imidazole rings is 1. The van der Waals surface area contributed by atoms with E-state index in [2.05, 4.69) is 9.97 Å². The molecule has 3 aromatic rings. The Bertz CT molecular complexity index is 934. The second-order valence-corrected chi connectivity index (χ2v) is 5.88. The number of rotatable bonds is 2. The van der Waals surface area contributed by atoms with Gasteiger partial charge in [0.05, 0.1) is 17.2 Å². The van der Waals surface area contributed by atoms with Crippen molar-refractivity contribution in [1.29, 1.82) is 0 Å². The van der Waals surface area contributed by atoms with E-state index in [1.807, 2.05) is 24.3 Å². The Morgan fingerprint density at radius 1 is 1.27 bits per heavy atom. The van der Waals surface area contributed by atoms with Gasteiger partial charge >= 0.3 is 0 Å². The van der Waals surface area contributed by atoms with Crippen LogP contribution in [0, 0.1) is 0 Å². The van der Waals surface area contributed by atoms with Crippen LogP contribution in [0.25, 0.3) is 16.6 Å². The van der Waals surface area contributed by atoms with E-state index in [4.69, 9.17) is 0 Å². The molecule has 1 aromatic carbocycles. The van der Waals surface area contributed by atoms with Crippen molar-refractivity contribution in [1.82, 2.24) is 19.3 Å². The standard InChI is InChI=1S/C16H18N4O2/c1-9(2)14-17-8-13-15(21)18-11-7-10(16(22)19(3)4)5-6-12(11)20(13)14/h5-9H,1-4H3,(H,18,21). The maximum atomic E-state index is 12.2. The van der Waals surface area contributed by atoms with Gasteiger partial charge in [0.1, 0.15) is 11.3 Å². The fraction of sp³-hybridized carbons (Fsp3) is 0.312. The van der Waals surface area contributed by atoms with Crippen molar-refractivity contribution in [2.24, 2.45) is 0 Å². The average Bonchev–Trinajstić information content (AvgIpc) is 2.91. The predicted molar refractivity (Wildman–Crippen MR) is 85.4 cm³/mol. The van der Waals surface area contributed by atoms with E-state index < -0.39 is 0 Å². The molecule has 114 valence electrons. The van der Waals surface area contributed by atoms with Gasteiger partial charge in [-0.15, -0.1) is 0 Å². The van der Waals surface area contributed by atoms with Crippen molar-refractivity contribution in [2.75, 3.05) is 14.1 Å². The maximum Gasteiger partial charge on any atom is 0.274 e. The Labute approximate surface area is 127 Å². The number of aromatic amines is 1. The van der Waals surface area contributed by atoms with Crippen LogP contribution in [0.4, 0.5) is 0 Å². The number of fused-ring (bicyclic) bond motifs is 3. The number of nitrogens with one attached hydrogen (secondary N) is 1. The Morgan fingerprint density at radius 2 is 2.00 bits per heavy atom. The van der Waals surface area contributed by atoms with Crippen LogP contribution < -0.4 is 5.56 Å². The molecule has 1 N–H and O–H groups in total. The Balaban J connectivity index is 2.36. The van der Waals surface area contributed by atoms with Gasteiger partial charge in [-0.05, 0) is 18.2 Å². The molecule has 0 radical (unpaired) electrons. The largest absolute Gasteiger partial charge is 0.345 e. The lowest BCUT2D eigenvalue weighted by atomic mass is 10.1. The molecule has 0 atom stereocenters. The van der Waals surface area contributed by atoms with Gasteiger partial charge in [0.15, 0.2) is 0 Å². The SMILES string of the molecule is CC(C)c1ncc2c(=O)[nH]c3cc(C(=O)N(C)C)ccc3n12. The lowest BCUT2D eigenvalue weighted by Crippen LogP contribution is -2.22. The van der Waals surface area contributed by atoms with Gasteiger partial charge in [-0.3, -0.25) is 14.0 Å². The molecule has 1 amide bonds. The van der Waals surface area contributed by atoms with Gasteiger partial charge in [-0.25, -0.2) is 4.98 Å². The molecule has 0 bridgehead atoms. The summed E-state index contributed by atoms with van der Waals surface area (Å²) in [5.74, 6) is 0.922. The molecule has 6 heteroatoms. The highest BCUT2D eigenvalue weighted by molar-refractivity contribution is 5.97. The number of nitrogens with zero attached hydrogens (tertiary/aromatic N) is 3. The summed E-state index contributed by atoms with van der Waals surface area (Å²) in [5, 5.41) is 0. The fourth-order valence-electron chi connectivity index (χ4n) is 2.60. The number of carbonyl (C=O) groups is 1. The number of benzene rings is 1. The topological polar surface area (TPSA) is 70.5 Å². The third-order valence-electron chi connectivity index (χ3n) is 3.68. The summed E-state index contributed by atoms with van der Waals surface area (Å²) in [4.78, 5) is 33.0. The quantitative estimate of drug-likeness (QED) is 0.786. The Hall–Kier alpha value is -2.63. The first-order valence-corrected chi connectivity index (χ1v) is 7.15. The maximum absolute atomic E-state index is 12.2. The van der Waals surface area contributed by atoms with Crippen molar-refractivity contribution >= 4 is 22.5 Å². The Morgan fingerprint density at radius 3 is 2.64 bits per heavy atom. The van der Waals surface area contributed by atoms with Crippen molar-refractivity contribution in [3.05, 3.63) is 46.1 Å². The van der Waals surface area contributed by atoms with Crippen molar-refractivity contribution < 1.29 is 4.79 Å². The third kappa shape index (κ3) is 2.07. The lowest BCUT2D eigenvalue weighted by molar-refractivity contribution is 0.0827.